The topological polar surface area (TPSA) is 94.9 Å². The molecule has 0 unspecified atom stereocenters. The molecule has 0 spiro atoms. The summed E-state index contributed by atoms with van der Waals surface area (Å²) in [5.74, 6) is 0.336. The quantitative estimate of drug-likeness (QED) is 0.721. The number of phenolic OH excluding ortho intramolecular Hbond substituents is 1. The van der Waals surface area contributed by atoms with Crippen LogP contribution in [0.2, 0.25) is 5.02 Å². The molecule has 1 saturated heterocycles. The van der Waals surface area contributed by atoms with Crippen LogP contribution in [0.4, 0.5) is 0 Å². The number of hydrogen-bond donors (Lipinski definition) is 3. The van der Waals surface area contributed by atoms with Gasteiger partial charge in [-0.3, -0.25) is 9.78 Å². The van der Waals surface area contributed by atoms with Crippen LogP contribution in [-0.4, -0.2) is 57.8 Å². The number of pyridine rings is 1. The lowest BCUT2D eigenvalue weighted by molar-refractivity contribution is -0.134. The maximum atomic E-state index is 12.8. The second kappa shape index (κ2) is 7.34. The maximum Gasteiger partial charge on any atom is 0.240 e. The van der Waals surface area contributed by atoms with Gasteiger partial charge in [0.05, 0.1) is 29.4 Å². The van der Waals surface area contributed by atoms with E-state index in [9.17, 15) is 15.0 Å². The van der Waals surface area contributed by atoms with Gasteiger partial charge in [0.25, 0.3) is 0 Å². The molecule has 1 aromatic carbocycles. The van der Waals surface area contributed by atoms with Crippen LogP contribution in [0.25, 0.3) is 11.3 Å². The Balaban J connectivity index is 1.62. The smallest absolute Gasteiger partial charge is 0.240 e. The molecule has 2 aliphatic heterocycles. The van der Waals surface area contributed by atoms with Crippen LogP contribution in [0.5, 0.6) is 11.5 Å². The van der Waals surface area contributed by atoms with Crippen molar-refractivity contribution >= 4 is 17.5 Å². The summed E-state index contributed by atoms with van der Waals surface area (Å²) >= 11 is 5.89. The Morgan fingerprint density at radius 2 is 2.22 bits per heavy atom. The second-order valence-electron chi connectivity index (χ2n) is 6.80. The predicted molar refractivity (Wildman–Crippen MR) is 99.7 cm³/mol. The van der Waals surface area contributed by atoms with Gasteiger partial charge < -0.3 is 25.2 Å². The number of fused-ring (bicyclic) bond motifs is 1. The summed E-state index contributed by atoms with van der Waals surface area (Å²) in [7, 11) is 0. The molecule has 8 heteroatoms. The maximum absolute atomic E-state index is 12.8. The van der Waals surface area contributed by atoms with Crippen molar-refractivity contribution in [2.45, 2.75) is 25.1 Å². The average molecular weight is 390 g/mol. The zero-order chi connectivity index (χ0) is 19.0. The highest BCUT2D eigenvalue weighted by molar-refractivity contribution is 6.30. The van der Waals surface area contributed by atoms with E-state index in [0.29, 0.717) is 54.7 Å². The van der Waals surface area contributed by atoms with Crippen LogP contribution in [-0.2, 0) is 11.3 Å². The van der Waals surface area contributed by atoms with Crippen molar-refractivity contribution in [2.24, 2.45) is 0 Å². The van der Waals surface area contributed by atoms with Crippen molar-refractivity contribution < 1.29 is 19.7 Å². The van der Waals surface area contributed by atoms with E-state index in [1.54, 1.807) is 29.3 Å². The fraction of sp³-hybridized carbons (Fsp3) is 0.368. The number of ether oxygens (including phenoxy) is 1. The van der Waals surface area contributed by atoms with E-state index in [0.717, 1.165) is 5.56 Å². The van der Waals surface area contributed by atoms with Crippen molar-refractivity contribution in [3.8, 4) is 22.8 Å². The molecular weight excluding hydrogens is 370 g/mol. The number of β-amino-alcohol motifs (C(OH)–C–C–N with tert-alkyl or cyclic N) is 1. The highest BCUT2D eigenvalue weighted by atomic mass is 35.5. The number of aliphatic hydroxyl groups is 1. The van der Waals surface area contributed by atoms with Gasteiger partial charge in [0.1, 0.15) is 6.61 Å². The molecule has 27 heavy (non-hydrogen) atoms. The number of amides is 1. The number of halogens is 1. The molecule has 1 fully saturated rings. The minimum Gasteiger partial charge on any atom is -0.504 e. The number of aromatic hydroxyl groups is 1. The molecule has 2 aliphatic rings. The number of rotatable bonds is 2. The summed E-state index contributed by atoms with van der Waals surface area (Å²) in [6.45, 7) is 1.44. The fourth-order valence-electron chi connectivity index (χ4n) is 3.51. The van der Waals surface area contributed by atoms with Crippen LogP contribution in [0.1, 0.15) is 12.0 Å². The number of carbonyl (C=O) groups excluding carboxylic acids is 1. The molecule has 2 aromatic rings. The zero-order valence-corrected chi connectivity index (χ0v) is 15.3. The van der Waals surface area contributed by atoms with Crippen LogP contribution in [0.3, 0.4) is 0 Å². The third kappa shape index (κ3) is 3.71. The van der Waals surface area contributed by atoms with E-state index in [2.05, 4.69) is 10.3 Å². The van der Waals surface area contributed by atoms with E-state index in [1.807, 2.05) is 6.07 Å². The van der Waals surface area contributed by atoms with Crippen LogP contribution < -0.4 is 10.1 Å². The van der Waals surface area contributed by atoms with Gasteiger partial charge in [-0.05, 0) is 30.7 Å². The molecule has 7 nitrogen and oxygen atoms in total. The monoisotopic (exact) mass is 389 g/mol. The van der Waals surface area contributed by atoms with Gasteiger partial charge in [0.15, 0.2) is 11.5 Å². The minimum absolute atomic E-state index is 0.0166. The van der Waals surface area contributed by atoms with Crippen molar-refractivity contribution in [3.63, 3.8) is 0 Å². The molecular formula is C19H20ClN3O4. The lowest BCUT2D eigenvalue weighted by atomic mass is 10.0. The Kier molecular flexibility index (Phi) is 4.90. The van der Waals surface area contributed by atoms with E-state index >= 15 is 0 Å². The van der Waals surface area contributed by atoms with Crippen molar-refractivity contribution in [1.82, 2.24) is 15.2 Å². The number of carbonyl (C=O) groups is 1. The molecule has 0 bridgehead atoms. The zero-order valence-electron chi connectivity index (χ0n) is 14.6. The first-order chi connectivity index (χ1) is 13.0. The summed E-state index contributed by atoms with van der Waals surface area (Å²) in [6, 6.07) is 6.58. The van der Waals surface area contributed by atoms with Crippen molar-refractivity contribution in [1.29, 1.82) is 0 Å². The van der Waals surface area contributed by atoms with Crippen molar-refractivity contribution in [2.75, 3.05) is 19.7 Å². The Morgan fingerprint density at radius 3 is 2.93 bits per heavy atom. The normalized spacial score (nSPS) is 22.1. The first-order valence-corrected chi connectivity index (χ1v) is 9.20. The lowest BCUT2D eigenvalue weighted by Gasteiger charge is -2.23. The predicted octanol–water partition coefficient (Wildman–Crippen LogP) is 1.55. The molecule has 2 atom stereocenters. The number of benzene rings is 1. The summed E-state index contributed by atoms with van der Waals surface area (Å²) in [5, 5.41) is 23.7. The largest absolute Gasteiger partial charge is 0.504 e. The van der Waals surface area contributed by atoms with Gasteiger partial charge in [0.2, 0.25) is 5.91 Å². The minimum atomic E-state index is -0.499. The summed E-state index contributed by atoms with van der Waals surface area (Å²) in [5.41, 5.74) is 2.10. The highest BCUT2D eigenvalue weighted by Gasteiger charge is 2.33. The Hall–Kier alpha value is -2.35. The van der Waals surface area contributed by atoms with Crippen LogP contribution in [0, 0.1) is 0 Å². The molecule has 3 N–H and O–H groups in total. The molecule has 1 amide bonds. The Bertz CT molecular complexity index is 859. The van der Waals surface area contributed by atoms with Crippen molar-refractivity contribution in [3.05, 3.63) is 41.0 Å². The van der Waals surface area contributed by atoms with E-state index in [1.165, 1.54) is 0 Å². The lowest BCUT2D eigenvalue weighted by Crippen LogP contribution is -2.44. The summed E-state index contributed by atoms with van der Waals surface area (Å²) < 4.78 is 5.70. The van der Waals surface area contributed by atoms with Crippen LogP contribution >= 0.6 is 11.6 Å². The van der Waals surface area contributed by atoms with Crippen LogP contribution in [0.15, 0.2) is 30.5 Å². The summed E-state index contributed by atoms with van der Waals surface area (Å²) in [4.78, 5) is 18.8. The second-order valence-corrected chi connectivity index (χ2v) is 7.24. The molecule has 0 saturated carbocycles. The highest BCUT2D eigenvalue weighted by Crippen LogP contribution is 2.37. The standard InChI is InChI=1S/C19H20ClN3O4/c20-13-1-2-15(21-8-13)11-5-12-10-23(3-4-27-18(12)17(25)6-11)19(26)16-7-14(24)9-22-16/h1-2,5-6,8,14,16,22,24-25H,3-4,7,9-10H2/t14-,16+/m1/s1. The van der Waals surface area contributed by atoms with E-state index in [-0.39, 0.29) is 11.7 Å². The molecule has 142 valence electrons. The number of nitrogens with one attached hydrogen (secondary N) is 1. The number of phenols is 1. The third-order valence-electron chi connectivity index (χ3n) is 4.86. The number of aliphatic hydroxyl groups excluding tert-OH is 1. The van der Waals surface area contributed by atoms with Gasteiger partial charge in [-0.15, -0.1) is 0 Å². The molecule has 0 radical (unpaired) electrons. The molecule has 4 rings (SSSR count). The first-order valence-electron chi connectivity index (χ1n) is 8.82. The number of hydrogen-bond acceptors (Lipinski definition) is 6. The fourth-order valence-corrected chi connectivity index (χ4v) is 3.62. The SMILES string of the molecule is O=C([C@@H]1C[C@@H](O)CN1)N1CCOc2c(O)cc(-c3ccc(Cl)cn3)cc2C1. The molecule has 0 aliphatic carbocycles. The summed E-state index contributed by atoms with van der Waals surface area (Å²) in [6.07, 6.45) is 1.45. The van der Waals surface area contributed by atoms with Gasteiger partial charge >= 0.3 is 0 Å². The number of aromatic nitrogens is 1. The third-order valence-corrected chi connectivity index (χ3v) is 5.08. The van der Waals surface area contributed by atoms with E-state index in [4.69, 9.17) is 16.3 Å². The van der Waals surface area contributed by atoms with E-state index < -0.39 is 12.1 Å². The van der Waals surface area contributed by atoms with Gasteiger partial charge in [-0.1, -0.05) is 11.6 Å². The average Bonchev–Trinajstić information content (AvgIpc) is 2.96. The molecule has 1 aromatic heterocycles. The van der Waals surface area contributed by atoms with Gasteiger partial charge in [-0.25, -0.2) is 0 Å². The number of nitrogens with zero attached hydrogens (tertiary/aromatic N) is 2. The van der Waals surface area contributed by atoms with Gasteiger partial charge in [0, 0.05) is 30.4 Å². The van der Waals surface area contributed by atoms with Gasteiger partial charge in [-0.2, -0.15) is 0 Å². The Morgan fingerprint density at radius 1 is 1.37 bits per heavy atom. The molecule has 3 heterocycles. The first kappa shape index (κ1) is 18.0. The Labute approximate surface area is 161 Å².